The van der Waals surface area contributed by atoms with Crippen LogP contribution in [-0.4, -0.2) is 6.54 Å². The molecule has 1 N–H and O–H groups in total. The van der Waals surface area contributed by atoms with Crippen molar-refractivity contribution in [1.82, 2.24) is 0 Å². The summed E-state index contributed by atoms with van der Waals surface area (Å²) in [6.07, 6.45) is -0.124. The summed E-state index contributed by atoms with van der Waals surface area (Å²) in [5.74, 6) is 0. The quantitative estimate of drug-likeness (QED) is 0.635. The molecule has 1 unspecified atom stereocenters. The summed E-state index contributed by atoms with van der Waals surface area (Å²) in [5, 5.41) is 4.39. The van der Waals surface area contributed by atoms with Crippen molar-refractivity contribution in [2.45, 2.75) is 13.0 Å². The Kier molecular flexibility index (Phi) is 1.47. The van der Waals surface area contributed by atoms with E-state index in [-0.39, 0.29) is 6.10 Å². The molecule has 0 aromatic heterocycles. The van der Waals surface area contributed by atoms with Gasteiger partial charge < -0.3 is 5.11 Å². The Bertz CT molecular complexity index is 186. The van der Waals surface area contributed by atoms with E-state index >= 15 is 0 Å². The van der Waals surface area contributed by atoms with Crippen molar-refractivity contribution >= 4 is 0 Å². The molecular formula is C8H10O. The fourth-order valence-corrected chi connectivity index (χ4v) is 0.724. The summed E-state index contributed by atoms with van der Waals surface area (Å²) in [6.45, 7) is 1.85. The lowest BCUT2D eigenvalue weighted by Gasteiger charge is -2.00. The molecule has 0 amide bonds. The predicted molar refractivity (Wildman–Crippen MR) is 37.1 cm³/mol. The maximum atomic E-state index is 6.65. The maximum Gasteiger partial charge on any atom is 0.211 e. The van der Waals surface area contributed by atoms with Gasteiger partial charge in [0.2, 0.25) is 1.43 Å². The highest BCUT2D eigenvalue weighted by Gasteiger charge is 1.95. The summed E-state index contributed by atoms with van der Waals surface area (Å²) in [5.41, 5.74) is 1.04. The molecule has 0 bridgehead atoms. The molecule has 0 aliphatic rings. The Labute approximate surface area is 56.4 Å². The highest BCUT2D eigenvalue weighted by molar-refractivity contribution is 5.16. The molecule has 0 aliphatic carbocycles. The van der Waals surface area contributed by atoms with Crippen LogP contribution in [0.2, 0.25) is 0 Å². The van der Waals surface area contributed by atoms with Crippen LogP contribution in [0, 0.1) is 0 Å². The van der Waals surface area contributed by atoms with Crippen molar-refractivity contribution in [2.75, 3.05) is 0 Å². The second-order valence-electron chi connectivity index (χ2n) is 2.05. The zero-order chi connectivity index (χ0) is 7.40. The lowest BCUT2D eigenvalue weighted by atomic mass is 10.1. The van der Waals surface area contributed by atoms with E-state index in [0.29, 0.717) is 0 Å². The van der Waals surface area contributed by atoms with E-state index in [2.05, 4.69) is 5.11 Å². The lowest BCUT2D eigenvalue weighted by Crippen LogP contribution is -1.87. The molecular weight excluding hydrogens is 112 g/mol. The third kappa shape index (κ3) is 1.54. The molecule has 0 spiro atoms. The van der Waals surface area contributed by atoms with E-state index in [9.17, 15) is 0 Å². The minimum absolute atomic E-state index is 0.124. The third-order valence-corrected chi connectivity index (χ3v) is 1.27. The van der Waals surface area contributed by atoms with E-state index < -0.39 is 0 Å². The normalized spacial score (nSPS) is 14.6. The minimum Gasteiger partial charge on any atom is -0.389 e. The fourth-order valence-electron chi connectivity index (χ4n) is 0.724. The Morgan fingerprint density at radius 3 is 2.67 bits per heavy atom. The van der Waals surface area contributed by atoms with Crippen LogP contribution in [0.3, 0.4) is 0 Å². The molecule has 1 heteroatoms. The van der Waals surface area contributed by atoms with Crippen LogP contribution in [0.15, 0.2) is 30.3 Å². The smallest absolute Gasteiger partial charge is 0.211 e. The van der Waals surface area contributed by atoms with Crippen LogP contribution in [0.1, 0.15) is 18.6 Å². The predicted octanol–water partition coefficient (Wildman–Crippen LogP) is 1.74. The summed E-state index contributed by atoms with van der Waals surface area (Å²) >= 11 is 0. The number of benzene rings is 1. The molecule has 0 aliphatic heterocycles. The third-order valence-electron chi connectivity index (χ3n) is 1.27. The molecule has 0 radical (unpaired) electrons. The SMILES string of the molecule is [2H]OC(C)c1ccccc1. The van der Waals surface area contributed by atoms with E-state index in [4.69, 9.17) is 1.43 Å². The molecule has 0 saturated heterocycles. The highest BCUT2D eigenvalue weighted by atomic mass is 16.3. The van der Waals surface area contributed by atoms with Gasteiger partial charge in [-0.05, 0) is 12.5 Å². The Morgan fingerprint density at radius 1 is 1.44 bits per heavy atom. The zero-order valence-electron chi connectivity index (χ0n) is 6.37. The highest BCUT2D eigenvalue weighted by Crippen LogP contribution is 2.08. The second-order valence-corrected chi connectivity index (χ2v) is 2.05. The first-order valence-electron chi connectivity index (χ1n) is 3.42. The maximum absolute atomic E-state index is 6.65. The van der Waals surface area contributed by atoms with E-state index in [1.165, 1.54) is 0 Å². The van der Waals surface area contributed by atoms with Gasteiger partial charge in [0.05, 0.1) is 6.10 Å². The van der Waals surface area contributed by atoms with Crippen LogP contribution < -0.4 is 0 Å². The van der Waals surface area contributed by atoms with Crippen LogP contribution >= 0.6 is 0 Å². The van der Waals surface area contributed by atoms with Crippen molar-refractivity contribution in [3.8, 4) is 0 Å². The summed E-state index contributed by atoms with van der Waals surface area (Å²) in [6, 6.07) is 9.70. The molecule has 1 aromatic rings. The van der Waals surface area contributed by atoms with Crippen LogP contribution in [0.5, 0.6) is 0 Å². The topological polar surface area (TPSA) is 20.2 Å². The van der Waals surface area contributed by atoms with Crippen LogP contribution in [0.4, 0.5) is 0 Å². The lowest BCUT2D eigenvalue weighted by molar-refractivity contribution is 0.199. The molecule has 0 saturated carbocycles. The summed E-state index contributed by atoms with van der Waals surface area (Å²) in [4.78, 5) is 0. The first-order chi connectivity index (χ1) is 4.84. The van der Waals surface area contributed by atoms with Crippen LogP contribution in [0.25, 0.3) is 0 Å². The van der Waals surface area contributed by atoms with Crippen molar-refractivity contribution < 1.29 is 5.11 Å². The van der Waals surface area contributed by atoms with Crippen LogP contribution in [-0.2, 0) is 0 Å². The molecule has 0 heterocycles. The van der Waals surface area contributed by atoms with Crippen molar-refractivity contribution in [1.29, 1.82) is 1.43 Å². The van der Waals surface area contributed by atoms with Gasteiger partial charge in [0, 0.05) is 0 Å². The molecule has 1 atom stereocenters. The minimum atomic E-state index is -0.124. The van der Waals surface area contributed by atoms with Gasteiger partial charge in [-0.3, -0.25) is 0 Å². The standard InChI is InChI=1S/C8H10O/c1-7(9)8-5-3-2-4-6-8/h2-7,9H,1H3/i9D. The molecule has 1 nitrogen and oxygen atoms in total. The van der Waals surface area contributed by atoms with E-state index in [1.54, 1.807) is 0 Å². The Morgan fingerprint density at radius 2 is 2.11 bits per heavy atom. The Balaban J connectivity index is 2.75. The second kappa shape index (κ2) is 2.65. The van der Waals surface area contributed by atoms with Gasteiger partial charge in [0.1, 0.15) is 0 Å². The van der Waals surface area contributed by atoms with Crippen molar-refractivity contribution in [3.63, 3.8) is 0 Å². The number of hydrogen-bond donors (Lipinski definition) is 1. The monoisotopic (exact) mass is 123 g/mol. The average molecular weight is 123 g/mol. The van der Waals surface area contributed by atoms with Gasteiger partial charge >= 0.3 is 0 Å². The van der Waals surface area contributed by atoms with Crippen molar-refractivity contribution in [2.24, 2.45) is 0 Å². The number of rotatable bonds is 2. The number of aliphatic hydroxyl groups excluding tert-OH is 1. The Hall–Kier alpha value is -0.820. The fraction of sp³-hybridized carbons (Fsp3) is 0.250. The average Bonchev–Trinajstić information content (AvgIpc) is 2.05. The van der Waals surface area contributed by atoms with Gasteiger partial charge in [-0.2, -0.15) is 0 Å². The molecule has 9 heavy (non-hydrogen) atoms. The van der Waals surface area contributed by atoms with Crippen molar-refractivity contribution in [3.05, 3.63) is 35.9 Å². The first-order valence-corrected chi connectivity index (χ1v) is 3.01. The van der Waals surface area contributed by atoms with E-state index in [0.717, 1.165) is 5.56 Å². The first kappa shape index (κ1) is 5.00. The van der Waals surface area contributed by atoms with E-state index in [1.807, 2.05) is 37.3 Å². The molecule has 48 valence electrons. The zero-order valence-corrected chi connectivity index (χ0v) is 5.37. The van der Waals surface area contributed by atoms with Gasteiger partial charge in [0.25, 0.3) is 0 Å². The van der Waals surface area contributed by atoms with Gasteiger partial charge in [-0.15, -0.1) is 0 Å². The number of aliphatic hydroxyl groups is 1. The summed E-state index contributed by atoms with van der Waals surface area (Å²) < 4.78 is 6.65. The largest absolute Gasteiger partial charge is 0.389 e. The summed E-state index contributed by atoms with van der Waals surface area (Å²) in [7, 11) is 0. The molecule has 0 fully saturated rings. The van der Waals surface area contributed by atoms with Gasteiger partial charge in [0.15, 0.2) is 0 Å². The van der Waals surface area contributed by atoms with Gasteiger partial charge in [-0.1, -0.05) is 30.3 Å². The number of hydrogen-bond acceptors (Lipinski definition) is 1. The molecule has 1 rings (SSSR count). The van der Waals surface area contributed by atoms with Gasteiger partial charge in [-0.25, -0.2) is 0 Å². The molecule has 1 aromatic carbocycles.